The van der Waals surface area contributed by atoms with Gasteiger partial charge in [0.2, 0.25) is 0 Å². The Labute approximate surface area is 198 Å². The van der Waals surface area contributed by atoms with Crippen LogP contribution >= 0.6 is 11.6 Å². The fourth-order valence-corrected chi connectivity index (χ4v) is 3.96. The third-order valence-electron chi connectivity index (χ3n) is 5.69. The van der Waals surface area contributed by atoms with Gasteiger partial charge in [0.25, 0.3) is 5.91 Å². The highest BCUT2D eigenvalue weighted by Gasteiger charge is 2.17. The molecule has 1 saturated heterocycles. The van der Waals surface area contributed by atoms with Crippen molar-refractivity contribution in [1.29, 1.82) is 5.41 Å². The van der Waals surface area contributed by atoms with Crippen molar-refractivity contribution in [3.8, 4) is 0 Å². The summed E-state index contributed by atoms with van der Waals surface area (Å²) in [6, 6.07) is 16.5. The van der Waals surface area contributed by atoms with Crippen LogP contribution in [0.2, 0.25) is 5.02 Å². The van der Waals surface area contributed by atoms with Crippen LogP contribution < -0.4 is 10.6 Å². The van der Waals surface area contributed by atoms with Crippen molar-refractivity contribution in [2.24, 2.45) is 0 Å². The maximum absolute atomic E-state index is 13.0. The molecule has 0 saturated carbocycles. The third kappa shape index (κ3) is 5.23. The maximum atomic E-state index is 13.0. The number of anilines is 2. The maximum Gasteiger partial charge on any atom is 0.255 e. The summed E-state index contributed by atoms with van der Waals surface area (Å²) in [5, 5.41) is 15.1. The lowest BCUT2D eigenvalue weighted by atomic mass is 10.0. The number of rotatable bonds is 6. The number of aryl methyl sites for hydroxylation is 1. The van der Waals surface area contributed by atoms with Crippen LogP contribution in [0.15, 0.2) is 67.4 Å². The molecule has 7 heteroatoms. The molecule has 0 aliphatic carbocycles. The lowest BCUT2D eigenvalue weighted by Gasteiger charge is -2.19. The summed E-state index contributed by atoms with van der Waals surface area (Å²) in [5.41, 5.74) is 4.33. The molecule has 6 nitrogen and oxygen atoms in total. The number of para-hydroxylation sites is 1. The van der Waals surface area contributed by atoms with E-state index in [0.717, 1.165) is 42.6 Å². The minimum absolute atomic E-state index is 0.220. The molecule has 1 aliphatic rings. The number of hydrogen-bond donors (Lipinski definition) is 3. The second-order valence-electron chi connectivity index (χ2n) is 8.04. The molecule has 3 aromatic rings. The van der Waals surface area contributed by atoms with Gasteiger partial charge in [-0.1, -0.05) is 48.5 Å². The summed E-state index contributed by atoms with van der Waals surface area (Å²) >= 11 is 5.91. The number of amides is 1. The molecule has 0 unspecified atom stereocenters. The average molecular weight is 460 g/mol. The number of carbonyl (C=O) groups is 1. The van der Waals surface area contributed by atoms with Crippen molar-refractivity contribution in [3.63, 3.8) is 0 Å². The fraction of sp³-hybridized carbons (Fsp3) is 0.192. The first-order valence-corrected chi connectivity index (χ1v) is 11.2. The van der Waals surface area contributed by atoms with E-state index >= 15 is 0 Å². The van der Waals surface area contributed by atoms with Crippen LogP contribution in [0, 0.1) is 12.3 Å². The molecular formula is C26H26ClN5O. The van der Waals surface area contributed by atoms with Gasteiger partial charge in [0.05, 0.1) is 10.7 Å². The zero-order chi connectivity index (χ0) is 23.4. The highest BCUT2D eigenvalue weighted by Crippen LogP contribution is 2.28. The molecule has 3 N–H and O–H groups in total. The summed E-state index contributed by atoms with van der Waals surface area (Å²) in [4.78, 5) is 19.3. The van der Waals surface area contributed by atoms with E-state index in [4.69, 9.17) is 17.0 Å². The Balaban J connectivity index is 1.50. The van der Waals surface area contributed by atoms with Crippen LogP contribution in [0.4, 0.5) is 11.5 Å². The molecule has 0 atom stereocenters. The highest BCUT2D eigenvalue weighted by atomic mass is 35.5. The molecule has 1 aliphatic heterocycles. The van der Waals surface area contributed by atoms with Crippen LogP contribution in [0.5, 0.6) is 0 Å². The normalized spacial score (nSPS) is 13.0. The van der Waals surface area contributed by atoms with Gasteiger partial charge in [-0.15, -0.1) is 0 Å². The van der Waals surface area contributed by atoms with Gasteiger partial charge in [-0.3, -0.25) is 10.2 Å². The average Bonchev–Trinajstić information content (AvgIpc) is 3.36. The van der Waals surface area contributed by atoms with Crippen LogP contribution in [0.3, 0.4) is 0 Å². The molecule has 0 bridgehead atoms. The second kappa shape index (κ2) is 9.88. The van der Waals surface area contributed by atoms with Gasteiger partial charge < -0.3 is 15.5 Å². The number of halogens is 1. The Hall–Kier alpha value is -3.64. The van der Waals surface area contributed by atoms with Crippen molar-refractivity contribution in [1.82, 2.24) is 9.88 Å². The Kier molecular flexibility index (Phi) is 6.75. The number of amidine groups is 1. The van der Waals surface area contributed by atoms with Gasteiger partial charge in [-0.2, -0.15) is 0 Å². The third-order valence-corrected chi connectivity index (χ3v) is 5.91. The van der Waals surface area contributed by atoms with E-state index in [9.17, 15) is 4.79 Å². The fourth-order valence-electron chi connectivity index (χ4n) is 3.85. The van der Waals surface area contributed by atoms with E-state index in [0.29, 0.717) is 33.6 Å². The molecule has 33 heavy (non-hydrogen) atoms. The van der Waals surface area contributed by atoms with Crippen LogP contribution in [0.25, 0.3) is 5.70 Å². The van der Waals surface area contributed by atoms with Gasteiger partial charge in [-0.05, 0) is 49.6 Å². The number of benzene rings is 2. The zero-order valence-corrected chi connectivity index (χ0v) is 19.2. The van der Waals surface area contributed by atoms with E-state index in [2.05, 4.69) is 27.1 Å². The first-order valence-electron chi connectivity index (χ1n) is 10.8. The summed E-state index contributed by atoms with van der Waals surface area (Å²) in [5.74, 6) is 0.903. The molecule has 1 amide bonds. The topological polar surface area (TPSA) is 81.1 Å². The zero-order valence-electron chi connectivity index (χ0n) is 18.5. The molecule has 4 rings (SSSR count). The molecule has 2 aromatic carbocycles. The van der Waals surface area contributed by atoms with Gasteiger partial charge >= 0.3 is 0 Å². The van der Waals surface area contributed by atoms with Gasteiger partial charge in [0.1, 0.15) is 11.7 Å². The van der Waals surface area contributed by atoms with E-state index < -0.39 is 0 Å². The number of carbonyl (C=O) groups excluding carboxylic acids is 1. The van der Waals surface area contributed by atoms with Crippen molar-refractivity contribution >= 4 is 40.5 Å². The Bertz CT molecular complexity index is 1180. The molecule has 0 radical (unpaired) electrons. The number of nitrogens with one attached hydrogen (secondary N) is 3. The predicted molar refractivity (Wildman–Crippen MR) is 135 cm³/mol. The number of aromatic nitrogens is 1. The molecule has 1 aromatic heterocycles. The van der Waals surface area contributed by atoms with Gasteiger partial charge in [-0.25, -0.2) is 4.98 Å². The number of hydrogen-bond acceptors (Lipinski definition) is 4. The number of pyridine rings is 1. The molecule has 1 fully saturated rings. The smallest absolute Gasteiger partial charge is 0.255 e. The monoisotopic (exact) mass is 459 g/mol. The predicted octanol–water partition coefficient (Wildman–Crippen LogP) is 5.80. The van der Waals surface area contributed by atoms with Gasteiger partial charge in [0, 0.05) is 41.7 Å². The first kappa shape index (κ1) is 22.6. The van der Waals surface area contributed by atoms with Crippen LogP contribution in [-0.2, 0) is 0 Å². The molecular weight excluding hydrogens is 434 g/mol. The van der Waals surface area contributed by atoms with Crippen molar-refractivity contribution in [2.75, 3.05) is 23.7 Å². The van der Waals surface area contributed by atoms with E-state index in [-0.39, 0.29) is 5.91 Å². The molecule has 168 valence electrons. The summed E-state index contributed by atoms with van der Waals surface area (Å²) in [6.45, 7) is 7.90. The Morgan fingerprint density at radius 3 is 2.39 bits per heavy atom. The van der Waals surface area contributed by atoms with Crippen molar-refractivity contribution < 1.29 is 4.79 Å². The largest absolute Gasteiger partial charge is 0.357 e. The van der Waals surface area contributed by atoms with E-state index in [1.165, 1.54) is 0 Å². The highest BCUT2D eigenvalue weighted by molar-refractivity contribution is 6.30. The lowest BCUT2D eigenvalue weighted by molar-refractivity contribution is 0.102. The minimum atomic E-state index is -0.220. The SMILES string of the molecule is C=C(Nc1ccc(Cl)cn1)c1cccc(C)c1NC(=O)c1ccc(C(=N)N2CCCC2)cc1. The summed E-state index contributed by atoms with van der Waals surface area (Å²) < 4.78 is 0. The summed E-state index contributed by atoms with van der Waals surface area (Å²) in [7, 11) is 0. The van der Waals surface area contributed by atoms with Gasteiger partial charge in [0.15, 0.2) is 0 Å². The Morgan fingerprint density at radius 1 is 1.03 bits per heavy atom. The molecule has 2 heterocycles. The van der Waals surface area contributed by atoms with Crippen molar-refractivity contribution in [2.45, 2.75) is 19.8 Å². The van der Waals surface area contributed by atoms with Crippen LogP contribution in [-0.4, -0.2) is 34.7 Å². The Morgan fingerprint density at radius 2 is 1.73 bits per heavy atom. The van der Waals surface area contributed by atoms with Crippen molar-refractivity contribution in [3.05, 3.63) is 94.6 Å². The lowest BCUT2D eigenvalue weighted by Crippen LogP contribution is -2.27. The van der Waals surface area contributed by atoms with E-state index in [1.807, 2.05) is 37.3 Å². The number of likely N-dealkylation sites (tertiary alicyclic amines) is 1. The quantitative estimate of drug-likeness (QED) is 0.321. The second-order valence-corrected chi connectivity index (χ2v) is 8.47. The van der Waals surface area contributed by atoms with Crippen LogP contribution in [0.1, 0.15) is 39.9 Å². The number of nitrogens with zero attached hydrogens (tertiary/aromatic N) is 2. The minimum Gasteiger partial charge on any atom is -0.357 e. The molecule has 0 spiro atoms. The standard InChI is InChI=1S/C26H26ClN5O/c1-17-6-5-7-22(18(2)30-23-13-12-21(27)16-29-23)24(17)31-26(33)20-10-8-19(9-11-20)25(28)32-14-3-4-15-32/h5-13,16,28H,2-4,14-15H2,1H3,(H,29,30)(H,31,33). The summed E-state index contributed by atoms with van der Waals surface area (Å²) in [6.07, 6.45) is 3.80. The van der Waals surface area contributed by atoms with E-state index in [1.54, 1.807) is 30.5 Å². The first-order chi connectivity index (χ1) is 15.9.